The lowest BCUT2D eigenvalue weighted by Crippen LogP contribution is -2.46. The summed E-state index contributed by atoms with van der Waals surface area (Å²) in [5.74, 6) is 0. The van der Waals surface area contributed by atoms with E-state index in [-0.39, 0.29) is 5.41 Å². The molecule has 0 amide bonds. The average molecular weight is 287 g/mol. The molecule has 1 saturated carbocycles. The van der Waals surface area contributed by atoms with Crippen molar-refractivity contribution < 1.29 is 5.11 Å². The first-order chi connectivity index (χ1) is 7.38. The van der Waals surface area contributed by atoms with Crippen molar-refractivity contribution in [2.24, 2.45) is 12.5 Å². The van der Waals surface area contributed by atoms with Gasteiger partial charge in [-0.15, -0.1) is 0 Å². The molecule has 1 atom stereocenters. The van der Waals surface area contributed by atoms with Gasteiger partial charge in [0.1, 0.15) is 5.60 Å². The summed E-state index contributed by atoms with van der Waals surface area (Å²) in [7, 11) is 1.89. The molecule has 0 bridgehead atoms. The lowest BCUT2D eigenvalue weighted by molar-refractivity contribution is -0.109. The Bertz CT molecular complexity index is 380. The van der Waals surface area contributed by atoms with Gasteiger partial charge in [-0.3, -0.25) is 4.68 Å². The van der Waals surface area contributed by atoms with E-state index in [9.17, 15) is 5.11 Å². The standard InChI is InChI=1S/C12H19BrN2O/c1-11(2)6-4-5-7-12(11,16)10-9(13)8-14-15(10)3/h8,16H,4-7H2,1-3H3. The van der Waals surface area contributed by atoms with E-state index in [0.29, 0.717) is 0 Å². The van der Waals surface area contributed by atoms with Gasteiger partial charge in [0.25, 0.3) is 0 Å². The van der Waals surface area contributed by atoms with Gasteiger partial charge in [-0.25, -0.2) is 0 Å². The zero-order valence-electron chi connectivity index (χ0n) is 10.1. The van der Waals surface area contributed by atoms with Crippen molar-refractivity contribution in [2.45, 2.75) is 45.1 Å². The number of aryl methyl sites for hydroxylation is 1. The summed E-state index contributed by atoms with van der Waals surface area (Å²) in [4.78, 5) is 0. The van der Waals surface area contributed by atoms with E-state index in [1.165, 1.54) is 6.42 Å². The van der Waals surface area contributed by atoms with Gasteiger partial charge >= 0.3 is 0 Å². The molecule has 1 heterocycles. The maximum Gasteiger partial charge on any atom is 0.112 e. The molecule has 1 aromatic heterocycles. The SMILES string of the molecule is Cn1ncc(Br)c1C1(O)CCCCC1(C)C. The largest absolute Gasteiger partial charge is 0.383 e. The number of hydrogen-bond donors (Lipinski definition) is 1. The molecule has 2 rings (SSSR count). The monoisotopic (exact) mass is 286 g/mol. The summed E-state index contributed by atoms with van der Waals surface area (Å²) < 4.78 is 2.70. The lowest BCUT2D eigenvalue weighted by Gasteiger charge is -2.46. The van der Waals surface area contributed by atoms with E-state index in [0.717, 1.165) is 29.4 Å². The Morgan fingerprint density at radius 1 is 1.38 bits per heavy atom. The Labute approximate surface area is 105 Å². The van der Waals surface area contributed by atoms with Crippen LogP contribution in [0.1, 0.15) is 45.2 Å². The molecule has 0 spiro atoms. The number of nitrogens with zero attached hydrogens (tertiary/aromatic N) is 2. The van der Waals surface area contributed by atoms with E-state index >= 15 is 0 Å². The zero-order valence-corrected chi connectivity index (χ0v) is 11.7. The highest BCUT2D eigenvalue weighted by atomic mass is 79.9. The summed E-state index contributed by atoms with van der Waals surface area (Å²) >= 11 is 3.50. The van der Waals surface area contributed by atoms with Gasteiger partial charge in [0, 0.05) is 7.05 Å². The van der Waals surface area contributed by atoms with Crippen LogP contribution in [0.2, 0.25) is 0 Å². The molecule has 16 heavy (non-hydrogen) atoms. The van der Waals surface area contributed by atoms with Crippen LogP contribution in [0.5, 0.6) is 0 Å². The first-order valence-corrected chi connectivity index (χ1v) is 6.58. The normalized spacial score (nSPS) is 29.3. The van der Waals surface area contributed by atoms with Crippen LogP contribution in [0.3, 0.4) is 0 Å². The minimum atomic E-state index is -0.769. The van der Waals surface area contributed by atoms with Crippen molar-refractivity contribution in [1.82, 2.24) is 9.78 Å². The van der Waals surface area contributed by atoms with Gasteiger partial charge in [0.05, 0.1) is 16.4 Å². The molecule has 90 valence electrons. The van der Waals surface area contributed by atoms with Crippen LogP contribution in [0.25, 0.3) is 0 Å². The van der Waals surface area contributed by atoms with Gasteiger partial charge in [-0.1, -0.05) is 26.7 Å². The van der Waals surface area contributed by atoms with Crippen molar-refractivity contribution in [3.05, 3.63) is 16.4 Å². The Hall–Kier alpha value is -0.350. The molecule has 0 radical (unpaired) electrons. The van der Waals surface area contributed by atoms with Crippen LogP contribution in [-0.2, 0) is 12.6 Å². The molecule has 4 heteroatoms. The Morgan fingerprint density at radius 3 is 2.50 bits per heavy atom. The minimum Gasteiger partial charge on any atom is -0.383 e. The summed E-state index contributed by atoms with van der Waals surface area (Å²) in [6, 6.07) is 0. The molecule has 1 fully saturated rings. The van der Waals surface area contributed by atoms with Gasteiger partial charge in [-0.05, 0) is 34.2 Å². The van der Waals surface area contributed by atoms with E-state index in [4.69, 9.17) is 0 Å². The summed E-state index contributed by atoms with van der Waals surface area (Å²) in [6.07, 6.45) is 5.92. The van der Waals surface area contributed by atoms with Crippen LogP contribution in [0.4, 0.5) is 0 Å². The first kappa shape index (κ1) is 12.1. The number of hydrogen-bond acceptors (Lipinski definition) is 2. The molecule has 0 aromatic carbocycles. The smallest absolute Gasteiger partial charge is 0.112 e. The second kappa shape index (κ2) is 3.84. The first-order valence-electron chi connectivity index (χ1n) is 5.79. The highest BCUT2D eigenvalue weighted by molar-refractivity contribution is 9.10. The zero-order chi connectivity index (χ0) is 12.0. The molecule has 1 aliphatic carbocycles. The van der Waals surface area contributed by atoms with Gasteiger partial charge in [-0.2, -0.15) is 5.10 Å². The summed E-state index contributed by atoms with van der Waals surface area (Å²) in [5.41, 5.74) is 0.0499. The number of halogens is 1. The van der Waals surface area contributed by atoms with Gasteiger partial charge in [0.15, 0.2) is 0 Å². The quantitative estimate of drug-likeness (QED) is 0.862. The number of aromatic nitrogens is 2. The molecule has 0 saturated heterocycles. The third-order valence-corrected chi connectivity index (χ3v) is 4.58. The summed E-state index contributed by atoms with van der Waals surface area (Å²) in [5, 5.41) is 15.2. The highest BCUT2D eigenvalue weighted by Crippen LogP contribution is 2.51. The number of aliphatic hydroxyl groups is 1. The fraction of sp³-hybridized carbons (Fsp3) is 0.750. The molecule has 1 aromatic rings. The van der Waals surface area contributed by atoms with Crippen LogP contribution < -0.4 is 0 Å². The molecule has 0 aliphatic heterocycles. The Balaban J connectivity index is 2.52. The predicted molar refractivity (Wildman–Crippen MR) is 67.1 cm³/mol. The Kier molecular flexibility index (Phi) is 2.91. The second-order valence-electron chi connectivity index (χ2n) is 5.42. The van der Waals surface area contributed by atoms with Crippen molar-refractivity contribution in [2.75, 3.05) is 0 Å². The predicted octanol–water partition coefficient (Wildman–Crippen LogP) is 2.97. The van der Waals surface area contributed by atoms with Crippen molar-refractivity contribution >= 4 is 15.9 Å². The van der Waals surface area contributed by atoms with Crippen LogP contribution in [-0.4, -0.2) is 14.9 Å². The van der Waals surface area contributed by atoms with E-state index in [1.54, 1.807) is 10.9 Å². The molecule has 1 N–H and O–H groups in total. The molecule has 1 unspecified atom stereocenters. The van der Waals surface area contributed by atoms with Crippen molar-refractivity contribution in [1.29, 1.82) is 0 Å². The molecular weight excluding hydrogens is 268 g/mol. The van der Waals surface area contributed by atoms with E-state index in [1.807, 2.05) is 7.05 Å². The maximum absolute atomic E-state index is 11.0. The fourth-order valence-corrected chi connectivity index (χ4v) is 3.48. The fourth-order valence-electron chi connectivity index (χ4n) is 2.81. The molecule has 1 aliphatic rings. The minimum absolute atomic E-state index is 0.0957. The number of rotatable bonds is 1. The van der Waals surface area contributed by atoms with Crippen molar-refractivity contribution in [3.8, 4) is 0 Å². The highest BCUT2D eigenvalue weighted by Gasteiger charge is 2.49. The second-order valence-corrected chi connectivity index (χ2v) is 6.27. The van der Waals surface area contributed by atoms with Crippen molar-refractivity contribution in [3.63, 3.8) is 0 Å². The van der Waals surface area contributed by atoms with E-state index < -0.39 is 5.60 Å². The topological polar surface area (TPSA) is 38.0 Å². The lowest BCUT2D eigenvalue weighted by atomic mass is 9.64. The summed E-state index contributed by atoms with van der Waals surface area (Å²) in [6.45, 7) is 4.29. The maximum atomic E-state index is 11.0. The average Bonchev–Trinajstić information content (AvgIpc) is 2.52. The van der Waals surface area contributed by atoms with Crippen LogP contribution in [0, 0.1) is 5.41 Å². The molecular formula is C12H19BrN2O. The van der Waals surface area contributed by atoms with Gasteiger partial charge < -0.3 is 5.11 Å². The van der Waals surface area contributed by atoms with E-state index in [2.05, 4.69) is 34.9 Å². The van der Waals surface area contributed by atoms with Gasteiger partial charge in [0.2, 0.25) is 0 Å². The molecule has 3 nitrogen and oxygen atoms in total. The third kappa shape index (κ3) is 1.63. The van der Waals surface area contributed by atoms with Crippen LogP contribution >= 0.6 is 15.9 Å². The van der Waals surface area contributed by atoms with Crippen LogP contribution in [0.15, 0.2) is 10.7 Å². The third-order valence-electron chi connectivity index (χ3n) is 4.00. The Morgan fingerprint density at radius 2 is 2.00 bits per heavy atom.